The summed E-state index contributed by atoms with van der Waals surface area (Å²) in [6.07, 6.45) is 0. The molecule has 0 amide bonds. The van der Waals surface area contributed by atoms with Crippen molar-refractivity contribution >= 4 is 22.9 Å². The first-order chi connectivity index (χ1) is 4.79. The number of hydrogen-bond donors (Lipinski definition) is 1. The quantitative estimate of drug-likeness (QED) is 0.486. The first-order valence-electron chi connectivity index (χ1n) is 3.39. The summed E-state index contributed by atoms with van der Waals surface area (Å²) in [5, 5.41) is 15.5. The van der Waals surface area contributed by atoms with Crippen LogP contribution in [0, 0.1) is 11.1 Å². The molecule has 2 aliphatic rings. The largest absolute Gasteiger partial charge is 0.771 e. The number of halogens is 1. The van der Waals surface area contributed by atoms with E-state index in [4.69, 9.17) is 0 Å². The Bertz CT molecular complexity index is 143. The zero-order valence-corrected chi connectivity index (χ0v) is 7.61. The highest BCUT2D eigenvalue weighted by atomic mass is 127. The fourth-order valence-electron chi connectivity index (χ4n) is 1.60. The van der Waals surface area contributed by atoms with E-state index in [0.29, 0.717) is 5.92 Å². The van der Waals surface area contributed by atoms with Crippen molar-refractivity contribution < 1.29 is 0 Å². The molecule has 1 N–H and O–H groups in total. The number of nitrogens with zero attached hydrogens (tertiary/aromatic N) is 2. The Morgan fingerprint density at radius 2 is 2.30 bits per heavy atom. The van der Waals surface area contributed by atoms with Gasteiger partial charge in [-0.2, -0.15) is 3.22 Å². The van der Waals surface area contributed by atoms with E-state index in [9.17, 15) is 5.21 Å². The molecule has 2 fully saturated rings. The van der Waals surface area contributed by atoms with Crippen molar-refractivity contribution in [3.63, 3.8) is 0 Å². The predicted octanol–water partition coefficient (Wildman–Crippen LogP) is -0.0452. The number of hydrogen-bond acceptors (Lipinski definition) is 4. The third-order valence-electron chi connectivity index (χ3n) is 2.19. The third-order valence-corrected chi connectivity index (χ3v) is 3.01. The van der Waals surface area contributed by atoms with Crippen LogP contribution in [0.1, 0.15) is 0 Å². The van der Waals surface area contributed by atoms with Crippen LogP contribution in [0.5, 0.6) is 0 Å². The fourth-order valence-corrected chi connectivity index (χ4v) is 2.42. The van der Waals surface area contributed by atoms with E-state index in [1.165, 1.54) is 0 Å². The van der Waals surface area contributed by atoms with Gasteiger partial charge < -0.3 is 15.7 Å². The van der Waals surface area contributed by atoms with E-state index in [-0.39, 0.29) is 6.04 Å². The summed E-state index contributed by atoms with van der Waals surface area (Å²) in [6, 6.07) is 0.205. The minimum Gasteiger partial charge on any atom is -0.771 e. The average molecular weight is 254 g/mol. The summed E-state index contributed by atoms with van der Waals surface area (Å²) in [6.45, 7) is 2.76. The molecule has 0 saturated carbocycles. The maximum atomic E-state index is 11.2. The molecule has 10 heavy (non-hydrogen) atoms. The van der Waals surface area contributed by atoms with Gasteiger partial charge in [-0.3, -0.25) is 0 Å². The number of hydrazine groups is 1. The summed E-state index contributed by atoms with van der Waals surface area (Å²) < 4.78 is 1.73. The van der Waals surface area contributed by atoms with Gasteiger partial charge in [0.1, 0.15) is 0 Å². The maximum absolute atomic E-state index is 11.2. The Kier molecular flexibility index (Phi) is 1.85. The molecule has 4 nitrogen and oxygen atoms in total. The van der Waals surface area contributed by atoms with Gasteiger partial charge in [-0.1, -0.05) is 0 Å². The van der Waals surface area contributed by atoms with Crippen molar-refractivity contribution in [2.45, 2.75) is 6.04 Å². The summed E-state index contributed by atoms with van der Waals surface area (Å²) in [4.78, 5) is 0. The van der Waals surface area contributed by atoms with Gasteiger partial charge in [0.25, 0.3) is 0 Å². The smallest absolute Gasteiger partial charge is 0.0360 e. The molecule has 0 bridgehead atoms. The standard InChI is InChI=1S/C5H9IN3O/c6-8-3-4-1-7-2-5(4)9(8)10/h4-5,7H,1-3H2/q-1. The van der Waals surface area contributed by atoms with Crippen LogP contribution < -0.4 is 5.32 Å². The Labute approximate surface area is 73.6 Å². The van der Waals surface area contributed by atoms with Crippen LogP contribution in [0.4, 0.5) is 0 Å². The normalized spacial score (nSPS) is 42.6. The lowest BCUT2D eigenvalue weighted by atomic mass is 10.1. The van der Waals surface area contributed by atoms with Gasteiger partial charge in [-0.05, 0) is 0 Å². The summed E-state index contributed by atoms with van der Waals surface area (Å²) in [5.74, 6) is 0.550. The van der Waals surface area contributed by atoms with Crippen LogP contribution in [-0.4, -0.2) is 34.1 Å². The first-order valence-corrected chi connectivity index (χ1v) is 4.36. The van der Waals surface area contributed by atoms with E-state index >= 15 is 0 Å². The Hall–Kier alpha value is 0.570. The molecule has 2 saturated heterocycles. The highest BCUT2D eigenvalue weighted by Crippen LogP contribution is 2.28. The number of hydroxylamine groups is 1. The van der Waals surface area contributed by atoms with E-state index < -0.39 is 0 Å². The van der Waals surface area contributed by atoms with Crippen LogP contribution in [0.25, 0.3) is 0 Å². The van der Waals surface area contributed by atoms with Crippen molar-refractivity contribution in [1.29, 1.82) is 0 Å². The van der Waals surface area contributed by atoms with Crippen LogP contribution >= 0.6 is 22.9 Å². The molecular weight excluding hydrogens is 245 g/mol. The van der Waals surface area contributed by atoms with E-state index in [1.807, 2.05) is 0 Å². The molecule has 2 atom stereocenters. The van der Waals surface area contributed by atoms with Gasteiger partial charge in [-0.15, -0.1) is 0 Å². The van der Waals surface area contributed by atoms with Crippen LogP contribution in [-0.2, 0) is 0 Å². The molecule has 0 aromatic heterocycles. The summed E-state index contributed by atoms with van der Waals surface area (Å²) >= 11 is 2.06. The molecule has 0 spiro atoms. The van der Waals surface area contributed by atoms with Gasteiger partial charge in [0.15, 0.2) is 0 Å². The van der Waals surface area contributed by atoms with E-state index in [1.54, 1.807) is 3.22 Å². The molecule has 0 aromatic carbocycles. The third kappa shape index (κ3) is 0.964. The lowest BCUT2D eigenvalue weighted by Crippen LogP contribution is -2.33. The zero-order chi connectivity index (χ0) is 7.14. The second-order valence-corrected chi connectivity index (χ2v) is 3.92. The molecule has 0 aromatic rings. The Morgan fingerprint density at radius 3 is 3.00 bits per heavy atom. The molecule has 0 aliphatic carbocycles. The topological polar surface area (TPSA) is 41.6 Å². The maximum Gasteiger partial charge on any atom is 0.0360 e. The van der Waals surface area contributed by atoms with Crippen molar-refractivity contribution in [3.05, 3.63) is 5.21 Å². The molecular formula is C5H9IN3O-. The lowest BCUT2D eigenvalue weighted by molar-refractivity contribution is 0.184. The highest BCUT2D eigenvalue weighted by Gasteiger charge is 2.36. The monoisotopic (exact) mass is 254 g/mol. The Balaban J connectivity index is 2.09. The number of fused-ring (bicyclic) bond motifs is 1. The van der Waals surface area contributed by atoms with Gasteiger partial charge >= 0.3 is 0 Å². The van der Waals surface area contributed by atoms with E-state index in [0.717, 1.165) is 24.8 Å². The number of nitrogens with one attached hydrogen (secondary N) is 1. The first kappa shape index (κ1) is 7.23. The zero-order valence-electron chi connectivity index (χ0n) is 5.46. The number of rotatable bonds is 0. The highest BCUT2D eigenvalue weighted by molar-refractivity contribution is 14.1. The van der Waals surface area contributed by atoms with Crippen molar-refractivity contribution in [2.24, 2.45) is 5.92 Å². The molecule has 2 aliphatic heterocycles. The minimum absolute atomic E-state index is 0.205. The predicted molar refractivity (Wildman–Crippen MR) is 46.1 cm³/mol. The van der Waals surface area contributed by atoms with E-state index in [2.05, 4.69) is 28.2 Å². The molecule has 2 unspecified atom stereocenters. The minimum atomic E-state index is 0.205. The van der Waals surface area contributed by atoms with Gasteiger partial charge in [0.2, 0.25) is 0 Å². The molecule has 0 radical (unpaired) electrons. The molecule has 58 valence electrons. The second-order valence-electron chi connectivity index (χ2n) is 2.81. The van der Waals surface area contributed by atoms with Gasteiger partial charge in [0, 0.05) is 54.5 Å². The molecule has 2 rings (SSSR count). The van der Waals surface area contributed by atoms with Crippen LogP contribution in [0.3, 0.4) is 0 Å². The SMILES string of the molecule is [O-]N1C2CNCC2CN1I. The summed E-state index contributed by atoms with van der Waals surface area (Å²) in [7, 11) is 0. The second kappa shape index (κ2) is 2.56. The average Bonchev–Trinajstić information content (AvgIpc) is 2.41. The van der Waals surface area contributed by atoms with Crippen molar-refractivity contribution in [1.82, 2.24) is 13.7 Å². The van der Waals surface area contributed by atoms with Gasteiger partial charge in [0.05, 0.1) is 0 Å². The van der Waals surface area contributed by atoms with Crippen molar-refractivity contribution in [3.8, 4) is 0 Å². The molecule has 2 heterocycles. The Morgan fingerprint density at radius 1 is 1.50 bits per heavy atom. The fraction of sp³-hybridized carbons (Fsp3) is 1.00. The van der Waals surface area contributed by atoms with Gasteiger partial charge in [-0.25, -0.2) is 0 Å². The summed E-state index contributed by atoms with van der Waals surface area (Å²) in [5.41, 5.74) is 0. The van der Waals surface area contributed by atoms with Crippen LogP contribution in [0.15, 0.2) is 0 Å². The van der Waals surface area contributed by atoms with Crippen LogP contribution in [0.2, 0.25) is 0 Å². The van der Waals surface area contributed by atoms with Crippen molar-refractivity contribution in [2.75, 3.05) is 19.6 Å². The lowest BCUT2D eigenvalue weighted by Gasteiger charge is -2.32. The molecule has 5 heteroatoms.